The van der Waals surface area contributed by atoms with Crippen LogP contribution >= 0.6 is 23.1 Å². The molecule has 28 heavy (non-hydrogen) atoms. The number of carbonyl (C=O) groups is 1. The van der Waals surface area contributed by atoms with Crippen LogP contribution in [0.1, 0.15) is 30.9 Å². The number of fused-ring (bicyclic) bond motifs is 1. The first-order valence-corrected chi connectivity index (χ1v) is 11.6. The maximum atomic E-state index is 12.7. The van der Waals surface area contributed by atoms with Gasteiger partial charge in [0.1, 0.15) is 16.2 Å². The summed E-state index contributed by atoms with van der Waals surface area (Å²) in [5, 5.41) is 4.13. The smallest absolute Gasteiger partial charge is 0.232 e. The van der Waals surface area contributed by atoms with Crippen molar-refractivity contribution in [3.63, 3.8) is 0 Å². The third-order valence-electron chi connectivity index (χ3n) is 5.62. The topological polar surface area (TPSA) is 46.1 Å². The minimum Gasteiger partial charge on any atom is -0.342 e. The lowest BCUT2D eigenvalue weighted by molar-refractivity contribution is -0.129. The second-order valence-corrected chi connectivity index (χ2v) is 9.48. The molecule has 0 aliphatic carbocycles. The first kappa shape index (κ1) is 19.4. The molecule has 0 radical (unpaired) electrons. The molecule has 6 heteroatoms. The molecule has 0 saturated carbocycles. The van der Waals surface area contributed by atoms with Crippen molar-refractivity contribution in [1.29, 1.82) is 0 Å². The molecule has 146 valence electrons. The van der Waals surface area contributed by atoms with Gasteiger partial charge in [0.05, 0.1) is 11.1 Å². The third kappa shape index (κ3) is 3.94. The summed E-state index contributed by atoms with van der Waals surface area (Å²) >= 11 is 3.17. The molecule has 0 spiro atoms. The Hall–Kier alpha value is -1.92. The van der Waals surface area contributed by atoms with Gasteiger partial charge in [0.25, 0.3) is 0 Å². The van der Waals surface area contributed by atoms with E-state index < -0.39 is 0 Å². The zero-order valence-electron chi connectivity index (χ0n) is 16.6. The fraction of sp³-hybridized carbons (Fsp3) is 0.409. The minimum absolute atomic E-state index is 0.214. The van der Waals surface area contributed by atoms with Crippen LogP contribution in [0.4, 0.5) is 0 Å². The first-order valence-electron chi connectivity index (χ1n) is 9.73. The molecule has 1 fully saturated rings. The fourth-order valence-electron chi connectivity index (χ4n) is 3.56. The van der Waals surface area contributed by atoms with E-state index in [1.807, 2.05) is 4.90 Å². The molecular weight excluding hydrogens is 386 g/mol. The Morgan fingerprint density at radius 2 is 2.00 bits per heavy atom. The molecule has 3 heterocycles. The van der Waals surface area contributed by atoms with E-state index in [0.717, 1.165) is 52.7 Å². The lowest BCUT2D eigenvalue weighted by Gasteiger charge is -2.30. The van der Waals surface area contributed by atoms with Gasteiger partial charge >= 0.3 is 0 Å². The van der Waals surface area contributed by atoms with E-state index in [2.05, 4.69) is 54.3 Å². The Bertz CT molecular complexity index is 1010. The number of thioether (sulfide) groups is 1. The van der Waals surface area contributed by atoms with E-state index in [0.29, 0.717) is 5.75 Å². The van der Waals surface area contributed by atoms with Crippen molar-refractivity contribution < 1.29 is 4.79 Å². The van der Waals surface area contributed by atoms with Crippen LogP contribution in [0.2, 0.25) is 0 Å². The number of benzene rings is 1. The zero-order chi connectivity index (χ0) is 19.7. The fourth-order valence-corrected chi connectivity index (χ4v) is 5.45. The number of piperidine rings is 1. The number of rotatable bonds is 4. The van der Waals surface area contributed by atoms with Crippen molar-refractivity contribution in [2.75, 3.05) is 18.8 Å². The number of carbonyl (C=O) groups excluding carboxylic acids is 1. The van der Waals surface area contributed by atoms with Gasteiger partial charge in [-0.05, 0) is 49.3 Å². The molecule has 2 aromatic heterocycles. The highest BCUT2D eigenvalue weighted by Gasteiger charge is 2.21. The van der Waals surface area contributed by atoms with Gasteiger partial charge < -0.3 is 4.90 Å². The van der Waals surface area contributed by atoms with Crippen molar-refractivity contribution >= 4 is 39.2 Å². The number of thiophene rings is 1. The number of hydrogen-bond acceptors (Lipinski definition) is 5. The molecule has 1 saturated heterocycles. The molecule has 0 bridgehead atoms. The van der Waals surface area contributed by atoms with Crippen LogP contribution in [0, 0.1) is 19.8 Å². The van der Waals surface area contributed by atoms with Crippen molar-refractivity contribution in [3.8, 4) is 11.1 Å². The minimum atomic E-state index is 0.214. The monoisotopic (exact) mass is 411 g/mol. The molecule has 3 aromatic rings. The Balaban J connectivity index is 1.58. The number of nitrogens with zero attached hydrogens (tertiary/aromatic N) is 3. The molecule has 0 unspecified atom stereocenters. The van der Waals surface area contributed by atoms with E-state index in [1.165, 1.54) is 28.5 Å². The lowest BCUT2D eigenvalue weighted by Crippen LogP contribution is -2.38. The number of aromatic nitrogens is 2. The van der Waals surface area contributed by atoms with Crippen LogP contribution in [0.5, 0.6) is 0 Å². The number of aryl methyl sites for hydroxylation is 2. The number of likely N-dealkylation sites (tertiary alicyclic amines) is 1. The first-order chi connectivity index (χ1) is 13.5. The Morgan fingerprint density at radius 1 is 1.21 bits per heavy atom. The number of hydrogen-bond donors (Lipinski definition) is 0. The van der Waals surface area contributed by atoms with E-state index >= 15 is 0 Å². The zero-order valence-corrected chi connectivity index (χ0v) is 18.2. The molecule has 1 amide bonds. The summed E-state index contributed by atoms with van der Waals surface area (Å²) in [5.41, 5.74) is 4.90. The number of amides is 1. The van der Waals surface area contributed by atoms with Crippen LogP contribution in [-0.2, 0) is 4.79 Å². The van der Waals surface area contributed by atoms with Gasteiger partial charge in [-0.3, -0.25) is 4.79 Å². The summed E-state index contributed by atoms with van der Waals surface area (Å²) in [6.45, 7) is 8.29. The summed E-state index contributed by atoms with van der Waals surface area (Å²) in [6, 6.07) is 6.54. The van der Waals surface area contributed by atoms with Gasteiger partial charge in [-0.25, -0.2) is 9.97 Å². The van der Waals surface area contributed by atoms with Crippen molar-refractivity contribution in [3.05, 3.63) is 41.0 Å². The van der Waals surface area contributed by atoms with E-state index in [9.17, 15) is 4.79 Å². The van der Waals surface area contributed by atoms with Gasteiger partial charge in [0.15, 0.2) is 0 Å². The maximum absolute atomic E-state index is 12.7. The normalized spacial score (nSPS) is 15.3. The van der Waals surface area contributed by atoms with Crippen LogP contribution < -0.4 is 0 Å². The van der Waals surface area contributed by atoms with Crippen LogP contribution in [-0.4, -0.2) is 39.6 Å². The van der Waals surface area contributed by atoms with Gasteiger partial charge in [0.2, 0.25) is 5.91 Å². The SMILES string of the molecule is Cc1ccc(-c2csc3ncnc(SCC(=O)N4CCC(C)CC4)c23)cc1C. The predicted molar refractivity (Wildman–Crippen MR) is 118 cm³/mol. The predicted octanol–water partition coefficient (Wildman–Crippen LogP) is 5.33. The maximum Gasteiger partial charge on any atom is 0.232 e. The van der Waals surface area contributed by atoms with Crippen LogP contribution in [0.3, 0.4) is 0 Å². The molecule has 1 aliphatic rings. The van der Waals surface area contributed by atoms with E-state index in [1.54, 1.807) is 17.7 Å². The second-order valence-electron chi connectivity index (χ2n) is 7.66. The Labute approximate surface area is 174 Å². The summed E-state index contributed by atoms with van der Waals surface area (Å²) < 4.78 is 0. The Morgan fingerprint density at radius 3 is 2.75 bits per heavy atom. The molecule has 4 rings (SSSR count). The average Bonchev–Trinajstić information content (AvgIpc) is 3.13. The average molecular weight is 412 g/mol. The quantitative estimate of drug-likeness (QED) is 0.430. The standard InChI is InChI=1S/C22H25N3OS2/c1-14-6-8-25(9-7-14)19(26)12-28-22-20-18(11-27-21(20)23-13-24-22)17-5-4-15(2)16(3)10-17/h4-5,10-11,13-14H,6-9,12H2,1-3H3. The molecular formula is C22H25N3OS2. The van der Waals surface area contributed by atoms with Crippen LogP contribution in [0.25, 0.3) is 21.3 Å². The molecule has 1 aliphatic heterocycles. The third-order valence-corrected chi connectivity index (χ3v) is 7.48. The van der Waals surface area contributed by atoms with E-state index in [4.69, 9.17) is 0 Å². The van der Waals surface area contributed by atoms with Crippen LogP contribution in [0.15, 0.2) is 34.9 Å². The highest BCUT2D eigenvalue weighted by Crippen LogP contribution is 2.38. The Kier molecular flexibility index (Phi) is 5.69. The summed E-state index contributed by atoms with van der Waals surface area (Å²) in [5.74, 6) is 1.37. The summed E-state index contributed by atoms with van der Waals surface area (Å²) in [6.07, 6.45) is 3.82. The van der Waals surface area contributed by atoms with Gasteiger partial charge in [-0.2, -0.15) is 0 Å². The lowest BCUT2D eigenvalue weighted by atomic mass is 9.99. The van der Waals surface area contributed by atoms with Gasteiger partial charge in [-0.15, -0.1) is 11.3 Å². The molecule has 0 N–H and O–H groups in total. The molecule has 0 atom stereocenters. The molecule has 4 nitrogen and oxygen atoms in total. The van der Waals surface area contributed by atoms with Crippen molar-refractivity contribution in [1.82, 2.24) is 14.9 Å². The van der Waals surface area contributed by atoms with Gasteiger partial charge in [0, 0.05) is 24.0 Å². The summed E-state index contributed by atoms with van der Waals surface area (Å²) in [7, 11) is 0. The van der Waals surface area contributed by atoms with E-state index in [-0.39, 0.29) is 5.91 Å². The highest BCUT2D eigenvalue weighted by molar-refractivity contribution is 8.00. The second kappa shape index (κ2) is 8.21. The van der Waals surface area contributed by atoms with Crippen molar-refractivity contribution in [2.45, 2.75) is 38.6 Å². The summed E-state index contributed by atoms with van der Waals surface area (Å²) in [4.78, 5) is 24.6. The van der Waals surface area contributed by atoms with Crippen molar-refractivity contribution in [2.24, 2.45) is 5.92 Å². The van der Waals surface area contributed by atoms with Gasteiger partial charge in [-0.1, -0.05) is 36.9 Å². The largest absolute Gasteiger partial charge is 0.342 e. The molecule has 1 aromatic carbocycles. The highest BCUT2D eigenvalue weighted by atomic mass is 32.2.